The molecule has 4 rings (SSSR count). The lowest BCUT2D eigenvalue weighted by molar-refractivity contribution is 0.409. The van der Waals surface area contributed by atoms with E-state index in [1.807, 2.05) is 30.3 Å². The minimum absolute atomic E-state index is 0.0182. The Morgan fingerprint density at radius 2 is 1.91 bits per heavy atom. The molecular formula is C16H13ClFN5. The highest BCUT2D eigenvalue weighted by molar-refractivity contribution is 6.30. The summed E-state index contributed by atoms with van der Waals surface area (Å²) in [4.78, 5) is 0. The van der Waals surface area contributed by atoms with E-state index in [9.17, 15) is 4.39 Å². The number of fused-ring (bicyclic) bond motifs is 1. The van der Waals surface area contributed by atoms with Crippen molar-refractivity contribution in [1.29, 1.82) is 0 Å². The van der Waals surface area contributed by atoms with Crippen LogP contribution in [0.2, 0.25) is 5.02 Å². The highest BCUT2D eigenvalue weighted by Gasteiger charge is 2.31. The highest BCUT2D eigenvalue weighted by atomic mass is 35.5. The molecule has 2 aromatic carbocycles. The van der Waals surface area contributed by atoms with E-state index in [2.05, 4.69) is 20.8 Å². The van der Waals surface area contributed by atoms with Crippen molar-refractivity contribution in [2.24, 2.45) is 0 Å². The largest absolute Gasteiger partial charge is 0.346 e. The van der Waals surface area contributed by atoms with E-state index in [-0.39, 0.29) is 17.9 Å². The second-order valence-corrected chi connectivity index (χ2v) is 5.90. The lowest BCUT2D eigenvalue weighted by Crippen LogP contribution is -2.28. The van der Waals surface area contributed by atoms with Gasteiger partial charge in [0.2, 0.25) is 5.95 Å². The van der Waals surface area contributed by atoms with E-state index in [0.717, 1.165) is 5.56 Å². The van der Waals surface area contributed by atoms with Gasteiger partial charge < -0.3 is 5.32 Å². The molecule has 0 amide bonds. The van der Waals surface area contributed by atoms with Gasteiger partial charge in [-0.15, -0.1) is 0 Å². The molecule has 1 aliphatic heterocycles. The molecule has 2 heterocycles. The van der Waals surface area contributed by atoms with Gasteiger partial charge in [-0.05, 0) is 40.6 Å². The quantitative estimate of drug-likeness (QED) is 0.780. The van der Waals surface area contributed by atoms with Crippen molar-refractivity contribution in [1.82, 2.24) is 20.2 Å². The van der Waals surface area contributed by atoms with Crippen LogP contribution in [0.25, 0.3) is 0 Å². The molecule has 7 heteroatoms. The van der Waals surface area contributed by atoms with Gasteiger partial charge in [-0.3, -0.25) is 0 Å². The summed E-state index contributed by atoms with van der Waals surface area (Å²) in [5, 5.41) is 15.7. The van der Waals surface area contributed by atoms with Crippen molar-refractivity contribution in [3.63, 3.8) is 0 Å². The molecular weight excluding hydrogens is 317 g/mol. The zero-order chi connectivity index (χ0) is 15.8. The predicted molar refractivity (Wildman–Crippen MR) is 84.8 cm³/mol. The van der Waals surface area contributed by atoms with Crippen LogP contribution in [0.1, 0.15) is 29.6 Å². The van der Waals surface area contributed by atoms with E-state index < -0.39 is 0 Å². The Morgan fingerprint density at radius 3 is 2.70 bits per heavy atom. The summed E-state index contributed by atoms with van der Waals surface area (Å²) >= 11 is 5.95. The summed E-state index contributed by atoms with van der Waals surface area (Å²) in [5.74, 6) is 0.278. The summed E-state index contributed by atoms with van der Waals surface area (Å²) in [5.41, 5.74) is 1.64. The third-order valence-electron chi connectivity index (χ3n) is 4.09. The van der Waals surface area contributed by atoms with Crippen LogP contribution < -0.4 is 5.32 Å². The Labute approximate surface area is 137 Å². The summed E-state index contributed by atoms with van der Waals surface area (Å²) in [6, 6.07) is 14.0. The molecule has 116 valence electrons. The summed E-state index contributed by atoms with van der Waals surface area (Å²) < 4.78 is 15.9. The van der Waals surface area contributed by atoms with Crippen LogP contribution in [0, 0.1) is 5.82 Å². The SMILES string of the molecule is Fc1ccccc1C1CC(c2ccc(Cl)cc2)Nc2nnnn21. The third kappa shape index (κ3) is 2.55. The molecule has 0 saturated carbocycles. The average Bonchev–Trinajstić information content (AvgIpc) is 3.04. The Bertz CT molecular complexity index is 832. The smallest absolute Gasteiger partial charge is 0.243 e. The molecule has 0 radical (unpaired) electrons. The summed E-state index contributed by atoms with van der Waals surface area (Å²) in [7, 11) is 0. The van der Waals surface area contributed by atoms with Crippen molar-refractivity contribution < 1.29 is 4.39 Å². The maximum absolute atomic E-state index is 14.2. The highest BCUT2D eigenvalue weighted by Crippen LogP contribution is 2.37. The normalized spacial score (nSPS) is 19.9. The number of aromatic nitrogens is 4. The number of hydrogen-bond acceptors (Lipinski definition) is 4. The van der Waals surface area contributed by atoms with Crippen LogP contribution in [0.4, 0.5) is 10.3 Å². The first-order valence-corrected chi connectivity index (χ1v) is 7.64. The van der Waals surface area contributed by atoms with Crippen molar-refractivity contribution in [2.45, 2.75) is 18.5 Å². The molecule has 1 aliphatic rings. The van der Waals surface area contributed by atoms with Crippen molar-refractivity contribution >= 4 is 17.5 Å². The molecule has 0 fully saturated rings. The van der Waals surface area contributed by atoms with Gasteiger partial charge >= 0.3 is 0 Å². The fourth-order valence-corrected chi connectivity index (χ4v) is 3.08. The van der Waals surface area contributed by atoms with Crippen molar-refractivity contribution in [2.75, 3.05) is 5.32 Å². The van der Waals surface area contributed by atoms with Gasteiger partial charge in [0.05, 0.1) is 12.1 Å². The molecule has 0 bridgehead atoms. The molecule has 0 aliphatic carbocycles. The number of nitrogens with one attached hydrogen (secondary N) is 1. The van der Waals surface area contributed by atoms with Crippen LogP contribution in [-0.2, 0) is 0 Å². The molecule has 2 atom stereocenters. The number of benzene rings is 2. The number of tetrazole rings is 1. The van der Waals surface area contributed by atoms with Crippen molar-refractivity contribution in [3.05, 3.63) is 70.5 Å². The maximum atomic E-state index is 14.2. The number of nitrogens with zero attached hydrogens (tertiary/aromatic N) is 4. The van der Waals surface area contributed by atoms with E-state index in [0.29, 0.717) is 23.0 Å². The van der Waals surface area contributed by atoms with E-state index in [1.165, 1.54) is 6.07 Å². The number of hydrogen-bond donors (Lipinski definition) is 1. The lowest BCUT2D eigenvalue weighted by Gasteiger charge is -2.31. The first kappa shape index (κ1) is 14.1. The molecule has 5 nitrogen and oxygen atoms in total. The van der Waals surface area contributed by atoms with E-state index in [4.69, 9.17) is 11.6 Å². The van der Waals surface area contributed by atoms with Crippen LogP contribution in [0.5, 0.6) is 0 Å². The Balaban J connectivity index is 1.75. The molecule has 2 unspecified atom stereocenters. The number of rotatable bonds is 2. The maximum Gasteiger partial charge on any atom is 0.243 e. The topological polar surface area (TPSA) is 55.6 Å². The first-order valence-electron chi connectivity index (χ1n) is 7.26. The van der Waals surface area contributed by atoms with Gasteiger partial charge in [0.15, 0.2) is 0 Å². The summed E-state index contributed by atoms with van der Waals surface area (Å²) in [6.07, 6.45) is 0.639. The molecule has 0 saturated heterocycles. The van der Waals surface area contributed by atoms with Crippen LogP contribution >= 0.6 is 11.6 Å². The Morgan fingerprint density at radius 1 is 1.13 bits per heavy atom. The minimum Gasteiger partial charge on any atom is -0.346 e. The predicted octanol–water partition coefficient (Wildman–Crippen LogP) is 3.61. The first-order chi connectivity index (χ1) is 11.2. The van der Waals surface area contributed by atoms with Gasteiger partial charge in [-0.25, -0.2) is 9.07 Å². The summed E-state index contributed by atoms with van der Waals surface area (Å²) in [6.45, 7) is 0. The Hall–Kier alpha value is -2.47. The van der Waals surface area contributed by atoms with E-state index in [1.54, 1.807) is 16.8 Å². The van der Waals surface area contributed by atoms with Crippen LogP contribution in [0.15, 0.2) is 48.5 Å². The molecule has 1 aromatic heterocycles. The van der Waals surface area contributed by atoms with Gasteiger partial charge in [-0.1, -0.05) is 47.0 Å². The van der Waals surface area contributed by atoms with E-state index >= 15 is 0 Å². The second-order valence-electron chi connectivity index (χ2n) is 5.47. The number of halogens is 2. The standard InChI is InChI=1S/C16H13ClFN5/c17-11-7-5-10(6-8-11)14-9-15(12-3-1-2-4-13(12)18)23-16(19-14)20-21-22-23/h1-8,14-15H,9H2,(H,19,20,22). The Kier molecular flexibility index (Phi) is 3.46. The molecule has 3 aromatic rings. The van der Waals surface area contributed by atoms with Crippen LogP contribution in [0.3, 0.4) is 0 Å². The molecule has 0 spiro atoms. The lowest BCUT2D eigenvalue weighted by atomic mass is 9.93. The fraction of sp³-hybridized carbons (Fsp3) is 0.188. The second kappa shape index (κ2) is 5.62. The average molecular weight is 330 g/mol. The van der Waals surface area contributed by atoms with Gasteiger partial charge in [0.1, 0.15) is 5.82 Å². The van der Waals surface area contributed by atoms with Gasteiger partial charge in [0.25, 0.3) is 0 Å². The molecule has 23 heavy (non-hydrogen) atoms. The fourth-order valence-electron chi connectivity index (χ4n) is 2.96. The van der Waals surface area contributed by atoms with Crippen LogP contribution in [-0.4, -0.2) is 20.2 Å². The zero-order valence-corrected chi connectivity index (χ0v) is 12.8. The monoisotopic (exact) mass is 329 g/mol. The van der Waals surface area contributed by atoms with Gasteiger partial charge in [0, 0.05) is 10.6 Å². The minimum atomic E-state index is -0.261. The van der Waals surface area contributed by atoms with Crippen molar-refractivity contribution in [3.8, 4) is 0 Å². The number of anilines is 1. The molecule has 1 N–H and O–H groups in total. The third-order valence-corrected chi connectivity index (χ3v) is 4.34. The van der Waals surface area contributed by atoms with Gasteiger partial charge in [-0.2, -0.15) is 0 Å². The zero-order valence-electron chi connectivity index (χ0n) is 12.0.